The van der Waals surface area contributed by atoms with Crippen molar-refractivity contribution in [3.63, 3.8) is 0 Å². The van der Waals surface area contributed by atoms with Crippen LogP contribution in [0.15, 0.2) is 72.8 Å². The second kappa shape index (κ2) is 21.1. The van der Waals surface area contributed by atoms with E-state index in [1.165, 1.54) is 21.9 Å². The Morgan fingerprint density at radius 1 is 1.00 bits per heavy atom. The predicted molar refractivity (Wildman–Crippen MR) is 258 cm³/mol. The fourth-order valence-corrected chi connectivity index (χ4v) is 10.9. The lowest BCUT2D eigenvalue weighted by atomic mass is 9.85. The molecule has 3 saturated heterocycles. The second-order valence-corrected chi connectivity index (χ2v) is 22.1. The molecule has 6 amide bonds. The normalized spacial score (nSPS) is 21.2. The molecule has 3 aromatic carbocycles. The van der Waals surface area contributed by atoms with Gasteiger partial charge < -0.3 is 39.3 Å². The van der Waals surface area contributed by atoms with Crippen LogP contribution in [0.5, 0.6) is 0 Å². The molecule has 3 fully saturated rings. The Morgan fingerprint density at radius 2 is 1.77 bits per heavy atom. The Labute approximate surface area is 413 Å². The van der Waals surface area contributed by atoms with Crippen LogP contribution in [0.1, 0.15) is 114 Å². The summed E-state index contributed by atoms with van der Waals surface area (Å²) in [4.78, 5) is 104. The van der Waals surface area contributed by atoms with Gasteiger partial charge in [0.15, 0.2) is 0 Å². The number of likely N-dealkylation sites (tertiary alicyclic amines) is 1. The van der Waals surface area contributed by atoms with Crippen molar-refractivity contribution in [3.05, 3.63) is 105 Å². The van der Waals surface area contributed by atoms with Crippen LogP contribution >= 0.6 is 18.9 Å². The molecule has 4 aliphatic rings. The smallest absolute Gasteiger partial charge is 0.376 e. The van der Waals surface area contributed by atoms with E-state index in [0.29, 0.717) is 48.4 Å². The quantitative estimate of drug-likeness (QED) is 0.0481. The summed E-state index contributed by atoms with van der Waals surface area (Å²) < 4.78 is 53.5. The van der Waals surface area contributed by atoms with Crippen LogP contribution in [0.25, 0.3) is 10.1 Å². The maximum atomic E-state index is 14.8. The highest BCUT2D eigenvalue weighted by molar-refractivity contribution is 7.52. The topological polar surface area (TPSA) is 212 Å². The number of carbonyl (C=O) groups excluding carboxylic acids is 6. The van der Waals surface area contributed by atoms with Gasteiger partial charge in [-0.15, -0.1) is 11.3 Å². The van der Waals surface area contributed by atoms with E-state index in [2.05, 4.69) is 22.5 Å². The number of hydrogen-bond donors (Lipinski definition) is 4. The average molecular weight is 1020 g/mol. The minimum atomic E-state index is -5.84. The number of fused-ring (bicyclic) bond motifs is 2. The summed E-state index contributed by atoms with van der Waals surface area (Å²) >= 11 is 0.969. The van der Waals surface area contributed by atoms with E-state index in [4.69, 9.17) is 9.47 Å². The Kier molecular flexibility index (Phi) is 15.3. The molecule has 20 heteroatoms. The van der Waals surface area contributed by atoms with Crippen molar-refractivity contribution in [2.24, 2.45) is 5.41 Å². The van der Waals surface area contributed by atoms with E-state index < -0.39 is 66.2 Å². The van der Waals surface area contributed by atoms with Crippen LogP contribution in [0.4, 0.5) is 8.78 Å². The zero-order chi connectivity index (χ0) is 50.8. The zero-order valence-corrected chi connectivity index (χ0v) is 41.2. The van der Waals surface area contributed by atoms with Gasteiger partial charge in [-0.3, -0.25) is 38.6 Å². The molecule has 71 heavy (non-hydrogen) atoms. The molecule has 0 saturated carbocycles. The number of thiophene rings is 1. The maximum Gasteiger partial charge on any atom is 0.399 e. The highest BCUT2D eigenvalue weighted by atomic mass is 32.1. The molecule has 4 aromatic rings. The number of imide groups is 1. The summed E-state index contributed by atoms with van der Waals surface area (Å²) in [5.41, 5.74) is -3.32. The molecule has 5 atom stereocenters. The van der Waals surface area contributed by atoms with Crippen molar-refractivity contribution in [3.8, 4) is 11.8 Å². The van der Waals surface area contributed by atoms with E-state index >= 15 is 0 Å². The van der Waals surface area contributed by atoms with Crippen molar-refractivity contribution in [1.29, 1.82) is 0 Å². The van der Waals surface area contributed by atoms with E-state index in [-0.39, 0.29) is 73.0 Å². The molecular formula is C51H56F2N5O11PS. The SMILES string of the molecule is CC(C)(C)[C@H](NC(=O)c1cc2cc(C(F)(F)P(=O)(O)O)ccc2s1)C(=O)N1C[C@H](OCCCCCC#Cc2cccc3c2CN(C2CCC(=O)NC2=O)C3=O)C[C@H]1C(=O)N1CCOC(c2ccccc2)C1. The lowest BCUT2D eigenvalue weighted by molar-refractivity contribution is -0.150. The van der Waals surface area contributed by atoms with Gasteiger partial charge in [0.25, 0.3) is 11.8 Å². The first-order valence-electron chi connectivity index (χ1n) is 23.6. The zero-order valence-electron chi connectivity index (χ0n) is 39.5. The molecule has 0 radical (unpaired) electrons. The average Bonchev–Trinajstić information content (AvgIpc) is 4.06. The summed E-state index contributed by atoms with van der Waals surface area (Å²) in [5.74, 6) is 3.91. The molecular weight excluding hydrogens is 960 g/mol. The first kappa shape index (κ1) is 51.5. The first-order chi connectivity index (χ1) is 33.7. The number of benzene rings is 3. The van der Waals surface area contributed by atoms with Crippen LogP contribution < -0.4 is 10.6 Å². The number of nitrogens with zero attached hydrogens (tertiary/aromatic N) is 3. The summed E-state index contributed by atoms with van der Waals surface area (Å²) in [7, 11) is -5.84. The van der Waals surface area contributed by atoms with E-state index in [9.17, 15) is 51.9 Å². The fraction of sp³-hybridized carbons (Fsp3) is 0.451. The van der Waals surface area contributed by atoms with Crippen LogP contribution in [0, 0.1) is 17.3 Å². The van der Waals surface area contributed by atoms with Crippen molar-refractivity contribution in [1.82, 2.24) is 25.3 Å². The first-order valence-corrected chi connectivity index (χ1v) is 26.1. The highest BCUT2D eigenvalue weighted by Crippen LogP contribution is 2.59. The number of piperidine rings is 1. The number of hydrogen-bond acceptors (Lipinski definition) is 10. The van der Waals surface area contributed by atoms with Crippen LogP contribution in [0.2, 0.25) is 0 Å². The van der Waals surface area contributed by atoms with E-state index in [0.717, 1.165) is 47.4 Å². The molecule has 0 aliphatic carbocycles. The second-order valence-electron chi connectivity index (χ2n) is 19.4. The molecule has 8 rings (SSSR count). The molecule has 2 unspecified atom stereocenters. The number of ether oxygens (including phenoxy) is 2. The number of rotatable bonds is 14. The van der Waals surface area contributed by atoms with Crippen LogP contribution in [-0.2, 0) is 45.4 Å². The van der Waals surface area contributed by atoms with Crippen LogP contribution in [0.3, 0.4) is 0 Å². The van der Waals surface area contributed by atoms with E-state index in [1.807, 2.05) is 36.4 Å². The van der Waals surface area contributed by atoms with Gasteiger partial charge in [-0.05, 0) is 71.5 Å². The predicted octanol–water partition coefficient (Wildman–Crippen LogP) is 6.23. The van der Waals surface area contributed by atoms with Gasteiger partial charge in [0, 0.05) is 66.9 Å². The van der Waals surface area contributed by atoms with Crippen molar-refractivity contribution < 1.29 is 61.4 Å². The number of alkyl halides is 2. The monoisotopic (exact) mass is 1020 g/mol. The summed E-state index contributed by atoms with van der Waals surface area (Å²) in [6.45, 7) is 6.88. The number of carbonyl (C=O) groups is 6. The highest BCUT2D eigenvalue weighted by Gasteiger charge is 2.51. The lowest BCUT2D eigenvalue weighted by Crippen LogP contribution is -2.58. The Bertz CT molecular complexity index is 2840. The molecule has 4 aliphatic heterocycles. The Morgan fingerprint density at radius 3 is 2.51 bits per heavy atom. The third kappa shape index (κ3) is 11.3. The number of amides is 6. The van der Waals surface area contributed by atoms with Gasteiger partial charge in [0.05, 0.1) is 24.1 Å². The van der Waals surface area contributed by atoms with Crippen molar-refractivity contribution in [2.45, 2.75) is 108 Å². The Balaban J connectivity index is 0.912. The summed E-state index contributed by atoms with van der Waals surface area (Å²) in [6.07, 6.45) is 2.59. The molecule has 5 heterocycles. The molecule has 16 nitrogen and oxygen atoms in total. The Hall–Kier alpha value is -5.87. The fourth-order valence-electron chi connectivity index (χ4n) is 9.46. The van der Waals surface area contributed by atoms with E-state index in [1.54, 1.807) is 37.8 Å². The molecule has 0 spiro atoms. The summed E-state index contributed by atoms with van der Waals surface area (Å²) in [5, 5.41) is 5.34. The maximum absolute atomic E-state index is 14.8. The molecule has 1 aromatic heterocycles. The van der Waals surface area contributed by atoms with Crippen molar-refractivity contribution in [2.75, 3.05) is 32.8 Å². The van der Waals surface area contributed by atoms with Gasteiger partial charge in [-0.25, -0.2) is 0 Å². The van der Waals surface area contributed by atoms with Gasteiger partial charge in [0.2, 0.25) is 23.6 Å². The van der Waals surface area contributed by atoms with Gasteiger partial charge in [-0.1, -0.05) is 81.5 Å². The third-order valence-electron chi connectivity index (χ3n) is 13.3. The minimum Gasteiger partial charge on any atom is -0.376 e. The standard InChI is InChI=1S/C51H56F2N5O11PS/c1-50(2,3)44(55-46(61)42-26-33-25-34(18-20-41(33)71-42)51(52,53)70(65,66)67)49(64)57-28-35(27-39(57)48(63)56-22-24-69-40(30-56)32-14-9-7-10-15-32)68-23-11-6-4-5-8-13-31-16-12-17-36-37(31)29-58(47(36)62)38-19-21-43(59)54-45(38)60/h7,9-10,12,14-18,20,25-26,35,38-40,44H,4-6,11,19,21-24,27-30H2,1-3H3,(H,55,61)(H,54,59,60)(H2,65,66,67)/t35-,38?,39+,40?,44-/m1/s1. The number of unbranched alkanes of at least 4 members (excludes halogenated alkanes) is 3. The number of nitrogens with one attached hydrogen (secondary N) is 2. The van der Waals surface area contributed by atoms with Crippen LogP contribution in [-0.4, -0.2) is 117 Å². The molecule has 376 valence electrons. The number of halogens is 2. The lowest BCUT2D eigenvalue weighted by Gasteiger charge is -2.38. The molecule has 4 N–H and O–H groups in total. The third-order valence-corrected chi connectivity index (χ3v) is 15.4. The summed E-state index contributed by atoms with van der Waals surface area (Å²) in [6, 6.07) is 16.5. The van der Waals surface area contributed by atoms with Gasteiger partial charge >= 0.3 is 13.3 Å². The van der Waals surface area contributed by atoms with Crippen molar-refractivity contribution >= 4 is 64.5 Å². The minimum absolute atomic E-state index is 0.0821. The van der Waals surface area contributed by atoms with Gasteiger partial charge in [0.1, 0.15) is 24.2 Å². The largest absolute Gasteiger partial charge is 0.399 e. The number of morpholine rings is 1. The van der Waals surface area contributed by atoms with Gasteiger partial charge in [-0.2, -0.15) is 8.78 Å². The molecule has 0 bridgehead atoms.